The molecule has 0 bridgehead atoms. The number of nitrogens with one attached hydrogen (secondary N) is 2. The zero-order chi connectivity index (χ0) is 17.6. The topological polar surface area (TPSA) is 89.6 Å². The van der Waals surface area contributed by atoms with E-state index in [1.807, 2.05) is 12.1 Å². The Labute approximate surface area is 149 Å². The lowest BCUT2D eigenvalue weighted by Gasteiger charge is -2.14. The van der Waals surface area contributed by atoms with Crippen molar-refractivity contribution in [1.29, 1.82) is 0 Å². The van der Waals surface area contributed by atoms with Gasteiger partial charge in [0.2, 0.25) is 5.91 Å². The molecule has 1 aliphatic rings. The number of carbonyl (C=O) groups is 2. The maximum absolute atomic E-state index is 12.4. The molecule has 3 rings (SSSR count). The molecule has 2 N–H and O–H groups in total. The van der Waals surface area contributed by atoms with E-state index in [1.165, 1.54) is 18.3 Å². The van der Waals surface area contributed by atoms with Crippen molar-refractivity contribution in [3.8, 4) is 5.75 Å². The molecule has 1 saturated heterocycles. The van der Waals surface area contributed by atoms with Crippen LogP contribution in [0.15, 0.2) is 29.6 Å². The number of benzene rings is 1. The van der Waals surface area contributed by atoms with Crippen LogP contribution in [0, 0.1) is 0 Å². The monoisotopic (exact) mass is 361 g/mol. The summed E-state index contributed by atoms with van der Waals surface area (Å²) in [4.78, 5) is 27.5. The number of ether oxygens (including phenoxy) is 2. The molecule has 132 valence electrons. The quantitative estimate of drug-likeness (QED) is 0.826. The molecule has 2 heterocycles. The number of thiazole rings is 1. The number of nitrogens with zero attached hydrogens (tertiary/aromatic N) is 1. The molecule has 1 aromatic heterocycles. The van der Waals surface area contributed by atoms with Gasteiger partial charge in [0.05, 0.1) is 11.8 Å². The van der Waals surface area contributed by atoms with Crippen molar-refractivity contribution in [2.75, 3.05) is 23.8 Å². The summed E-state index contributed by atoms with van der Waals surface area (Å²) in [7, 11) is 0. The van der Waals surface area contributed by atoms with E-state index in [2.05, 4.69) is 15.6 Å². The van der Waals surface area contributed by atoms with Crippen molar-refractivity contribution in [2.24, 2.45) is 0 Å². The first-order valence-corrected chi connectivity index (χ1v) is 8.87. The third-order valence-electron chi connectivity index (χ3n) is 3.60. The highest BCUT2D eigenvalue weighted by Crippen LogP contribution is 2.26. The van der Waals surface area contributed by atoms with Crippen molar-refractivity contribution in [1.82, 2.24) is 4.98 Å². The Morgan fingerprint density at radius 3 is 2.96 bits per heavy atom. The van der Waals surface area contributed by atoms with Crippen LogP contribution in [0.4, 0.5) is 10.8 Å². The lowest BCUT2D eigenvalue weighted by atomic mass is 10.2. The van der Waals surface area contributed by atoms with Crippen LogP contribution in [0.1, 0.15) is 30.3 Å². The minimum Gasteiger partial charge on any atom is -0.489 e. The van der Waals surface area contributed by atoms with Gasteiger partial charge in [-0.2, -0.15) is 0 Å². The highest BCUT2D eigenvalue weighted by molar-refractivity contribution is 7.14. The minimum atomic E-state index is -0.360. The molecule has 0 spiro atoms. The highest BCUT2D eigenvalue weighted by Gasteiger charge is 2.18. The van der Waals surface area contributed by atoms with Crippen LogP contribution in [0.5, 0.6) is 5.75 Å². The van der Waals surface area contributed by atoms with Crippen molar-refractivity contribution in [2.45, 2.75) is 25.9 Å². The van der Waals surface area contributed by atoms with Gasteiger partial charge in [0.15, 0.2) is 5.13 Å². The van der Waals surface area contributed by atoms with Gasteiger partial charge in [-0.05, 0) is 25.0 Å². The van der Waals surface area contributed by atoms with E-state index in [1.54, 1.807) is 17.5 Å². The van der Waals surface area contributed by atoms with Gasteiger partial charge >= 0.3 is 0 Å². The van der Waals surface area contributed by atoms with Crippen molar-refractivity contribution in [3.63, 3.8) is 0 Å². The first-order valence-electron chi connectivity index (χ1n) is 7.99. The summed E-state index contributed by atoms with van der Waals surface area (Å²) in [6.07, 6.45) is 2.13. The molecule has 2 amide bonds. The molecule has 25 heavy (non-hydrogen) atoms. The van der Waals surface area contributed by atoms with Gasteiger partial charge in [-0.25, -0.2) is 4.98 Å². The Balaban J connectivity index is 1.64. The van der Waals surface area contributed by atoms with Gasteiger partial charge in [0.25, 0.3) is 5.91 Å². The lowest BCUT2D eigenvalue weighted by Crippen LogP contribution is -2.18. The van der Waals surface area contributed by atoms with Crippen LogP contribution >= 0.6 is 11.3 Å². The molecular formula is C17H19N3O4S. The maximum Gasteiger partial charge on any atom is 0.275 e. The molecule has 1 atom stereocenters. The first kappa shape index (κ1) is 17.4. The Morgan fingerprint density at radius 2 is 2.20 bits per heavy atom. The zero-order valence-corrected chi connectivity index (χ0v) is 14.6. The average Bonchev–Trinajstić information content (AvgIpc) is 3.25. The van der Waals surface area contributed by atoms with Crippen LogP contribution in [0.3, 0.4) is 0 Å². The van der Waals surface area contributed by atoms with E-state index in [4.69, 9.17) is 9.47 Å². The third kappa shape index (κ3) is 4.77. The van der Waals surface area contributed by atoms with Gasteiger partial charge in [-0.1, -0.05) is 12.1 Å². The second kappa shape index (κ2) is 8.09. The largest absolute Gasteiger partial charge is 0.489 e. The molecule has 8 heteroatoms. The third-order valence-corrected chi connectivity index (χ3v) is 4.36. The van der Waals surface area contributed by atoms with Crippen LogP contribution in [-0.4, -0.2) is 36.1 Å². The summed E-state index contributed by atoms with van der Waals surface area (Å²) in [5, 5.41) is 7.34. The fourth-order valence-corrected chi connectivity index (χ4v) is 3.16. The van der Waals surface area contributed by atoms with Gasteiger partial charge in [-0.15, -0.1) is 11.3 Å². The standard InChI is InChI=1S/C17H19N3O4S/c1-11(21)18-17-20-14(10-25-17)16(22)19-13-6-2-3-7-15(13)24-9-12-5-4-8-23-12/h2-3,6-7,10,12H,4-5,8-9H2,1H3,(H,19,22)(H,18,20,21). The maximum atomic E-state index is 12.4. The van der Waals surface area contributed by atoms with Gasteiger partial charge in [-0.3, -0.25) is 9.59 Å². The number of rotatable bonds is 6. The number of carbonyl (C=O) groups excluding carboxylic acids is 2. The van der Waals surface area contributed by atoms with E-state index in [9.17, 15) is 9.59 Å². The first-order chi connectivity index (χ1) is 12.1. The number of hydrogen-bond donors (Lipinski definition) is 2. The van der Waals surface area contributed by atoms with E-state index in [0.29, 0.717) is 23.2 Å². The molecule has 1 aromatic carbocycles. The molecular weight excluding hydrogens is 342 g/mol. The van der Waals surface area contributed by atoms with Crippen molar-refractivity contribution >= 4 is 34.0 Å². The molecule has 1 unspecified atom stereocenters. The minimum absolute atomic E-state index is 0.0995. The van der Waals surface area contributed by atoms with Crippen LogP contribution in [-0.2, 0) is 9.53 Å². The zero-order valence-electron chi connectivity index (χ0n) is 13.8. The summed E-state index contributed by atoms with van der Waals surface area (Å²) in [6.45, 7) is 2.62. The fourth-order valence-electron chi connectivity index (χ4n) is 2.43. The van der Waals surface area contributed by atoms with Gasteiger partial charge in [0.1, 0.15) is 18.1 Å². The second-order valence-electron chi connectivity index (χ2n) is 5.62. The second-order valence-corrected chi connectivity index (χ2v) is 6.47. The number of amides is 2. The average molecular weight is 361 g/mol. The summed E-state index contributed by atoms with van der Waals surface area (Å²) in [5.74, 6) is -0.00105. The number of hydrogen-bond acceptors (Lipinski definition) is 6. The number of aromatic nitrogens is 1. The smallest absolute Gasteiger partial charge is 0.275 e. The van der Waals surface area contributed by atoms with E-state index >= 15 is 0 Å². The van der Waals surface area contributed by atoms with Crippen LogP contribution < -0.4 is 15.4 Å². The summed E-state index contributed by atoms with van der Waals surface area (Å²) in [5.41, 5.74) is 0.808. The summed E-state index contributed by atoms with van der Waals surface area (Å²) in [6, 6.07) is 7.23. The van der Waals surface area contributed by atoms with Crippen molar-refractivity contribution in [3.05, 3.63) is 35.3 Å². The van der Waals surface area contributed by atoms with E-state index in [-0.39, 0.29) is 23.6 Å². The molecule has 0 radical (unpaired) electrons. The molecule has 0 saturated carbocycles. The van der Waals surface area contributed by atoms with E-state index < -0.39 is 0 Å². The van der Waals surface area contributed by atoms with E-state index in [0.717, 1.165) is 19.4 Å². The molecule has 2 aromatic rings. The number of anilines is 2. The van der Waals surface area contributed by atoms with Crippen LogP contribution in [0.2, 0.25) is 0 Å². The molecule has 1 aliphatic heterocycles. The fraction of sp³-hybridized carbons (Fsp3) is 0.353. The highest BCUT2D eigenvalue weighted by atomic mass is 32.1. The Morgan fingerprint density at radius 1 is 1.36 bits per heavy atom. The normalized spacial score (nSPS) is 16.4. The van der Waals surface area contributed by atoms with Gasteiger partial charge in [0, 0.05) is 18.9 Å². The SMILES string of the molecule is CC(=O)Nc1nc(C(=O)Nc2ccccc2OCC2CCCO2)cs1. The predicted octanol–water partition coefficient (Wildman–Crippen LogP) is 2.91. The Kier molecular flexibility index (Phi) is 5.62. The Hall–Kier alpha value is -2.45. The molecule has 0 aliphatic carbocycles. The summed E-state index contributed by atoms with van der Waals surface area (Å²) >= 11 is 1.20. The Bertz CT molecular complexity index is 756. The predicted molar refractivity (Wildman–Crippen MR) is 95.3 cm³/mol. The number of para-hydroxylation sites is 2. The van der Waals surface area contributed by atoms with Crippen LogP contribution in [0.25, 0.3) is 0 Å². The lowest BCUT2D eigenvalue weighted by molar-refractivity contribution is -0.114. The molecule has 1 fully saturated rings. The summed E-state index contributed by atoms with van der Waals surface area (Å²) < 4.78 is 11.3. The molecule has 7 nitrogen and oxygen atoms in total. The van der Waals surface area contributed by atoms with Gasteiger partial charge < -0.3 is 20.1 Å². The van der Waals surface area contributed by atoms with Crippen molar-refractivity contribution < 1.29 is 19.1 Å².